The summed E-state index contributed by atoms with van der Waals surface area (Å²) in [6.45, 7) is 1.78. The van der Waals surface area contributed by atoms with E-state index in [-0.39, 0.29) is 5.82 Å². The van der Waals surface area contributed by atoms with Crippen LogP contribution in [-0.4, -0.2) is 51.8 Å². The second-order valence-electron chi connectivity index (χ2n) is 5.61. The molecule has 0 fully saturated rings. The van der Waals surface area contributed by atoms with E-state index in [0.29, 0.717) is 17.1 Å². The fraction of sp³-hybridized carbons (Fsp3) is 0.400. The highest BCUT2D eigenvalue weighted by Gasteiger charge is 2.13. The van der Waals surface area contributed by atoms with Gasteiger partial charge in [-0.25, -0.2) is 4.39 Å². The minimum absolute atomic E-state index is 0.285. The number of hydrogen-bond acceptors (Lipinski definition) is 5. The Morgan fingerprint density at radius 2 is 2.09 bits per heavy atom. The average Bonchev–Trinajstić information content (AvgIpc) is 2.76. The first-order chi connectivity index (χ1) is 10.6. The van der Waals surface area contributed by atoms with Crippen molar-refractivity contribution in [1.29, 1.82) is 0 Å². The minimum Gasteiger partial charge on any atom is -0.353 e. The molecule has 116 valence electrons. The first-order valence-electron chi connectivity index (χ1n) is 7.23. The highest BCUT2D eigenvalue weighted by Crippen LogP contribution is 2.25. The average molecular weight is 302 g/mol. The van der Waals surface area contributed by atoms with Gasteiger partial charge in [-0.3, -0.25) is 0 Å². The van der Waals surface area contributed by atoms with Crippen LogP contribution < -0.4 is 5.32 Å². The lowest BCUT2D eigenvalue weighted by molar-refractivity contribution is 0.405. The van der Waals surface area contributed by atoms with Crippen LogP contribution in [0.5, 0.6) is 0 Å². The molecule has 3 rings (SSSR count). The first kappa shape index (κ1) is 14.6. The third-order valence-corrected chi connectivity index (χ3v) is 3.63. The molecule has 0 atom stereocenters. The van der Waals surface area contributed by atoms with E-state index in [2.05, 4.69) is 25.4 Å². The van der Waals surface area contributed by atoms with Crippen molar-refractivity contribution in [3.8, 4) is 0 Å². The summed E-state index contributed by atoms with van der Waals surface area (Å²) in [6.07, 6.45) is 0.995. The van der Waals surface area contributed by atoms with Crippen LogP contribution in [0.4, 0.5) is 10.3 Å². The molecule has 22 heavy (non-hydrogen) atoms. The van der Waals surface area contributed by atoms with Crippen LogP contribution in [0.25, 0.3) is 22.1 Å². The summed E-state index contributed by atoms with van der Waals surface area (Å²) in [5.41, 5.74) is 2.21. The molecule has 1 aromatic carbocycles. The molecule has 1 N–H and O–H groups in total. The maximum absolute atomic E-state index is 13.4. The molecule has 0 radical (unpaired) electrons. The number of aromatic nitrogens is 4. The van der Waals surface area contributed by atoms with Gasteiger partial charge in [-0.05, 0) is 45.3 Å². The monoisotopic (exact) mass is 302 g/mol. The molecule has 3 aromatic rings. The number of hydrogen-bond donors (Lipinski definition) is 1. The topological polar surface area (TPSA) is 58.9 Å². The van der Waals surface area contributed by atoms with Crippen molar-refractivity contribution in [2.24, 2.45) is 7.05 Å². The number of aryl methyl sites for hydroxylation is 1. The van der Waals surface area contributed by atoms with Crippen LogP contribution in [0.15, 0.2) is 18.2 Å². The molecule has 0 spiro atoms. The Kier molecular flexibility index (Phi) is 3.89. The number of rotatable bonds is 5. The smallest absolute Gasteiger partial charge is 0.244 e. The van der Waals surface area contributed by atoms with Crippen LogP contribution >= 0.6 is 0 Å². The predicted molar refractivity (Wildman–Crippen MR) is 85.4 cm³/mol. The molecule has 7 heteroatoms. The van der Waals surface area contributed by atoms with Crippen molar-refractivity contribution in [2.45, 2.75) is 6.42 Å². The lowest BCUT2D eigenvalue weighted by Gasteiger charge is -2.09. The summed E-state index contributed by atoms with van der Waals surface area (Å²) in [4.78, 5) is 6.63. The Labute approximate surface area is 128 Å². The molecule has 0 saturated heterocycles. The molecule has 0 amide bonds. The fourth-order valence-corrected chi connectivity index (χ4v) is 2.50. The van der Waals surface area contributed by atoms with Gasteiger partial charge < -0.3 is 14.8 Å². The molecule has 0 saturated carbocycles. The third kappa shape index (κ3) is 2.71. The SMILES string of the molecule is CN(C)CCCNc1nnc2c3cc(F)ccc3n(C)c2n1. The van der Waals surface area contributed by atoms with Crippen molar-refractivity contribution >= 4 is 28.0 Å². The molecule has 6 nitrogen and oxygen atoms in total. The summed E-state index contributed by atoms with van der Waals surface area (Å²) >= 11 is 0. The van der Waals surface area contributed by atoms with Crippen molar-refractivity contribution in [3.63, 3.8) is 0 Å². The Morgan fingerprint density at radius 3 is 2.86 bits per heavy atom. The van der Waals surface area contributed by atoms with Crippen LogP contribution in [0.1, 0.15) is 6.42 Å². The standard InChI is InChI=1S/C15H19FN6/c1-21(2)8-4-7-17-15-18-14-13(19-20-15)11-9-10(16)5-6-12(11)22(14)3/h5-6,9H,4,7-8H2,1-3H3,(H,17,18,20). The molecule has 0 aliphatic carbocycles. The lowest BCUT2D eigenvalue weighted by Crippen LogP contribution is -2.17. The maximum atomic E-state index is 13.4. The van der Waals surface area contributed by atoms with Crippen molar-refractivity contribution in [1.82, 2.24) is 24.6 Å². The van der Waals surface area contributed by atoms with Crippen molar-refractivity contribution in [2.75, 3.05) is 32.5 Å². The van der Waals surface area contributed by atoms with E-state index < -0.39 is 0 Å². The number of nitrogens with zero attached hydrogens (tertiary/aromatic N) is 5. The third-order valence-electron chi connectivity index (χ3n) is 3.63. The van der Waals surface area contributed by atoms with Gasteiger partial charge >= 0.3 is 0 Å². The second kappa shape index (κ2) is 5.84. The Bertz CT molecular complexity index is 810. The summed E-state index contributed by atoms with van der Waals surface area (Å²) < 4.78 is 15.3. The fourth-order valence-electron chi connectivity index (χ4n) is 2.50. The van der Waals surface area contributed by atoms with Crippen LogP contribution in [-0.2, 0) is 7.05 Å². The Morgan fingerprint density at radius 1 is 1.27 bits per heavy atom. The Balaban J connectivity index is 1.90. The van der Waals surface area contributed by atoms with Gasteiger partial charge in [-0.1, -0.05) is 0 Å². The van der Waals surface area contributed by atoms with Crippen LogP contribution in [0.2, 0.25) is 0 Å². The Hall–Kier alpha value is -2.28. The number of benzene rings is 1. The van der Waals surface area contributed by atoms with Gasteiger partial charge in [-0.15, -0.1) is 10.2 Å². The van der Waals surface area contributed by atoms with E-state index >= 15 is 0 Å². The molecular formula is C15H19FN6. The second-order valence-corrected chi connectivity index (χ2v) is 5.61. The van der Waals surface area contributed by atoms with Crippen molar-refractivity contribution in [3.05, 3.63) is 24.0 Å². The van der Waals surface area contributed by atoms with Gasteiger partial charge in [0, 0.05) is 19.0 Å². The predicted octanol–water partition coefficient (Wildman–Crippen LogP) is 2.02. The van der Waals surface area contributed by atoms with E-state index in [9.17, 15) is 4.39 Å². The molecule has 2 heterocycles. The minimum atomic E-state index is -0.285. The zero-order chi connectivity index (χ0) is 15.7. The number of fused-ring (bicyclic) bond motifs is 3. The van der Waals surface area contributed by atoms with Crippen molar-refractivity contribution < 1.29 is 4.39 Å². The van der Waals surface area contributed by atoms with E-state index in [0.717, 1.165) is 30.4 Å². The van der Waals surface area contributed by atoms with Gasteiger partial charge in [0.05, 0.1) is 5.52 Å². The summed E-state index contributed by atoms with van der Waals surface area (Å²) in [7, 11) is 5.98. The first-order valence-corrected chi connectivity index (χ1v) is 7.23. The normalized spacial score (nSPS) is 11.7. The van der Waals surface area contributed by atoms with E-state index in [1.807, 2.05) is 25.7 Å². The molecular weight excluding hydrogens is 283 g/mol. The molecule has 0 aliphatic rings. The quantitative estimate of drug-likeness (QED) is 0.731. The summed E-state index contributed by atoms with van der Waals surface area (Å²) in [5.74, 6) is 0.213. The largest absolute Gasteiger partial charge is 0.353 e. The lowest BCUT2D eigenvalue weighted by atomic mass is 10.2. The maximum Gasteiger partial charge on any atom is 0.244 e. The highest BCUT2D eigenvalue weighted by molar-refractivity contribution is 6.04. The number of nitrogens with one attached hydrogen (secondary N) is 1. The molecule has 0 aliphatic heterocycles. The number of anilines is 1. The molecule has 2 aromatic heterocycles. The van der Waals surface area contributed by atoms with Gasteiger partial charge in [0.15, 0.2) is 5.65 Å². The summed E-state index contributed by atoms with van der Waals surface area (Å²) in [6, 6.07) is 4.64. The van der Waals surface area contributed by atoms with Gasteiger partial charge in [0.1, 0.15) is 11.3 Å². The highest BCUT2D eigenvalue weighted by atomic mass is 19.1. The van der Waals surface area contributed by atoms with Gasteiger partial charge in [-0.2, -0.15) is 4.98 Å². The van der Waals surface area contributed by atoms with Crippen LogP contribution in [0, 0.1) is 5.82 Å². The van der Waals surface area contributed by atoms with Crippen LogP contribution in [0.3, 0.4) is 0 Å². The molecule has 0 bridgehead atoms. The molecule has 0 unspecified atom stereocenters. The summed E-state index contributed by atoms with van der Waals surface area (Å²) in [5, 5.41) is 12.2. The van der Waals surface area contributed by atoms with E-state index in [1.54, 1.807) is 6.07 Å². The zero-order valence-electron chi connectivity index (χ0n) is 13.0. The number of halogens is 1. The zero-order valence-corrected chi connectivity index (χ0v) is 13.0. The van der Waals surface area contributed by atoms with E-state index in [4.69, 9.17) is 0 Å². The van der Waals surface area contributed by atoms with Gasteiger partial charge in [0.2, 0.25) is 5.95 Å². The van der Waals surface area contributed by atoms with Gasteiger partial charge in [0.25, 0.3) is 0 Å². The van der Waals surface area contributed by atoms with E-state index in [1.165, 1.54) is 12.1 Å².